The van der Waals surface area contributed by atoms with Gasteiger partial charge in [0.15, 0.2) is 0 Å². The van der Waals surface area contributed by atoms with Crippen LogP contribution in [-0.4, -0.2) is 32.8 Å². The molecule has 3 rings (SSSR count). The third-order valence-electron chi connectivity index (χ3n) is 3.68. The standard InChI is InChI=1S/C13H15ClN4OS/c1-8-4-6-18(7-5-8)13(19)15-11-9(14)2-3-10-12(11)17-20-16-10/h2-3,8H,4-7H2,1H3,(H,15,19). The minimum Gasteiger partial charge on any atom is -0.325 e. The Bertz CT molecular complexity index is 636. The van der Waals surface area contributed by atoms with Gasteiger partial charge in [0.25, 0.3) is 0 Å². The van der Waals surface area contributed by atoms with Crippen molar-refractivity contribution in [1.82, 2.24) is 13.6 Å². The van der Waals surface area contributed by atoms with Crippen LogP contribution in [0.1, 0.15) is 19.8 Å². The molecular weight excluding hydrogens is 296 g/mol. The Hall–Kier alpha value is -1.40. The fourth-order valence-electron chi connectivity index (χ4n) is 2.34. The van der Waals surface area contributed by atoms with E-state index in [0.717, 1.165) is 43.2 Å². The van der Waals surface area contributed by atoms with E-state index in [-0.39, 0.29) is 6.03 Å². The van der Waals surface area contributed by atoms with Crippen LogP contribution >= 0.6 is 23.3 Å². The first-order chi connectivity index (χ1) is 9.65. The molecule has 2 heterocycles. The number of carbonyl (C=O) groups is 1. The zero-order valence-corrected chi connectivity index (χ0v) is 12.7. The first kappa shape index (κ1) is 13.6. The monoisotopic (exact) mass is 310 g/mol. The first-order valence-corrected chi connectivity index (χ1v) is 7.72. The number of benzene rings is 1. The quantitative estimate of drug-likeness (QED) is 0.875. The number of urea groups is 1. The normalized spacial score (nSPS) is 16.6. The van der Waals surface area contributed by atoms with Crippen LogP contribution in [0.5, 0.6) is 0 Å². The summed E-state index contributed by atoms with van der Waals surface area (Å²) in [6.07, 6.45) is 2.09. The lowest BCUT2D eigenvalue weighted by molar-refractivity contribution is 0.186. The molecule has 1 aromatic heterocycles. The van der Waals surface area contributed by atoms with E-state index in [1.165, 1.54) is 0 Å². The molecular formula is C13H15ClN4OS. The Kier molecular flexibility index (Phi) is 3.76. The highest BCUT2D eigenvalue weighted by atomic mass is 35.5. The van der Waals surface area contributed by atoms with Crippen LogP contribution in [0, 0.1) is 5.92 Å². The summed E-state index contributed by atoms with van der Waals surface area (Å²) in [6, 6.07) is 3.43. The lowest BCUT2D eigenvalue weighted by Crippen LogP contribution is -2.40. The number of anilines is 1. The van der Waals surface area contributed by atoms with Crippen molar-refractivity contribution >= 4 is 46.1 Å². The molecule has 1 N–H and O–H groups in total. The molecule has 2 amide bonds. The lowest BCUT2D eigenvalue weighted by atomic mass is 10.00. The maximum Gasteiger partial charge on any atom is 0.321 e. The summed E-state index contributed by atoms with van der Waals surface area (Å²) in [5.74, 6) is 0.689. The zero-order valence-electron chi connectivity index (χ0n) is 11.1. The summed E-state index contributed by atoms with van der Waals surface area (Å²) in [4.78, 5) is 14.1. The number of hydrogen-bond acceptors (Lipinski definition) is 4. The number of aromatic nitrogens is 2. The van der Waals surface area contributed by atoms with Gasteiger partial charge in [0.2, 0.25) is 0 Å². The third-order valence-corrected chi connectivity index (χ3v) is 4.54. The topological polar surface area (TPSA) is 58.1 Å². The molecule has 1 aliphatic rings. The predicted molar refractivity (Wildman–Crippen MR) is 81.4 cm³/mol. The van der Waals surface area contributed by atoms with Crippen molar-refractivity contribution < 1.29 is 4.79 Å². The van der Waals surface area contributed by atoms with E-state index in [1.54, 1.807) is 12.1 Å². The fourth-order valence-corrected chi connectivity index (χ4v) is 3.09. The second kappa shape index (κ2) is 5.54. The van der Waals surface area contributed by atoms with Crippen LogP contribution in [0.2, 0.25) is 5.02 Å². The average Bonchev–Trinajstić information content (AvgIpc) is 2.91. The molecule has 5 nitrogen and oxygen atoms in total. The number of halogens is 1. The summed E-state index contributed by atoms with van der Waals surface area (Å²) >= 11 is 7.29. The molecule has 0 aliphatic carbocycles. The van der Waals surface area contributed by atoms with Gasteiger partial charge in [-0.25, -0.2) is 4.79 Å². The molecule has 0 bridgehead atoms. The highest BCUT2D eigenvalue weighted by Crippen LogP contribution is 2.30. The van der Waals surface area contributed by atoms with Crippen molar-refractivity contribution in [2.45, 2.75) is 19.8 Å². The van der Waals surface area contributed by atoms with Crippen molar-refractivity contribution in [3.63, 3.8) is 0 Å². The Morgan fingerprint density at radius 1 is 1.40 bits per heavy atom. The summed E-state index contributed by atoms with van der Waals surface area (Å²) in [5, 5.41) is 3.37. The largest absolute Gasteiger partial charge is 0.325 e. The van der Waals surface area contributed by atoms with Gasteiger partial charge in [-0.2, -0.15) is 8.75 Å². The van der Waals surface area contributed by atoms with Gasteiger partial charge in [0.05, 0.1) is 22.4 Å². The highest BCUT2D eigenvalue weighted by Gasteiger charge is 2.22. The minimum absolute atomic E-state index is 0.112. The number of rotatable bonds is 1. The van der Waals surface area contributed by atoms with Gasteiger partial charge < -0.3 is 10.2 Å². The number of fused-ring (bicyclic) bond motifs is 1. The Morgan fingerprint density at radius 2 is 2.15 bits per heavy atom. The molecule has 1 aromatic carbocycles. The predicted octanol–water partition coefficient (Wildman–Crippen LogP) is 3.61. The van der Waals surface area contributed by atoms with Gasteiger partial charge in [-0.1, -0.05) is 18.5 Å². The van der Waals surface area contributed by atoms with Crippen LogP contribution in [0.3, 0.4) is 0 Å². The molecule has 0 radical (unpaired) electrons. The Balaban J connectivity index is 1.80. The summed E-state index contributed by atoms with van der Waals surface area (Å²) in [7, 11) is 0. The van der Waals surface area contributed by atoms with Gasteiger partial charge in [-0.3, -0.25) is 0 Å². The Morgan fingerprint density at radius 3 is 2.90 bits per heavy atom. The van der Waals surface area contributed by atoms with Crippen LogP contribution < -0.4 is 5.32 Å². The summed E-state index contributed by atoms with van der Waals surface area (Å²) in [6.45, 7) is 3.79. The van der Waals surface area contributed by atoms with Gasteiger partial charge in [0.1, 0.15) is 11.0 Å². The second-order valence-electron chi connectivity index (χ2n) is 5.15. The Labute approximate surface area is 126 Å². The number of amides is 2. The molecule has 1 fully saturated rings. The van der Waals surface area contributed by atoms with Crippen molar-refractivity contribution in [3.8, 4) is 0 Å². The van der Waals surface area contributed by atoms with E-state index in [2.05, 4.69) is 21.0 Å². The van der Waals surface area contributed by atoms with Crippen LogP contribution in [0.15, 0.2) is 12.1 Å². The number of piperidine rings is 1. The van der Waals surface area contributed by atoms with Gasteiger partial charge in [-0.05, 0) is 30.9 Å². The van der Waals surface area contributed by atoms with Crippen molar-refractivity contribution in [2.75, 3.05) is 18.4 Å². The van der Waals surface area contributed by atoms with Crippen molar-refractivity contribution in [2.24, 2.45) is 5.92 Å². The van der Waals surface area contributed by atoms with Crippen LogP contribution in [0.4, 0.5) is 10.5 Å². The number of hydrogen-bond donors (Lipinski definition) is 1. The average molecular weight is 311 g/mol. The van der Waals surface area contributed by atoms with E-state index in [4.69, 9.17) is 11.6 Å². The third kappa shape index (κ3) is 2.58. The van der Waals surface area contributed by atoms with Crippen molar-refractivity contribution in [3.05, 3.63) is 17.2 Å². The number of carbonyl (C=O) groups excluding carboxylic acids is 1. The van der Waals surface area contributed by atoms with Crippen LogP contribution in [-0.2, 0) is 0 Å². The van der Waals surface area contributed by atoms with E-state index < -0.39 is 0 Å². The highest BCUT2D eigenvalue weighted by molar-refractivity contribution is 7.00. The van der Waals surface area contributed by atoms with Crippen LogP contribution in [0.25, 0.3) is 11.0 Å². The zero-order chi connectivity index (χ0) is 14.1. The van der Waals surface area contributed by atoms with E-state index >= 15 is 0 Å². The molecule has 0 atom stereocenters. The fraction of sp³-hybridized carbons (Fsp3) is 0.462. The van der Waals surface area contributed by atoms with E-state index in [9.17, 15) is 4.79 Å². The van der Waals surface area contributed by atoms with Gasteiger partial charge >= 0.3 is 6.03 Å². The number of nitrogens with one attached hydrogen (secondary N) is 1. The van der Waals surface area contributed by atoms with E-state index in [0.29, 0.717) is 22.1 Å². The molecule has 0 spiro atoms. The lowest BCUT2D eigenvalue weighted by Gasteiger charge is -2.30. The van der Waals surface area contributed by atoms with Gasteiger partial charge in [-0.15, -0.1) is 0 Å². The smallest absolute Gasteiger partial charge is 0.321 e. The number of nitrogens with zero attached hydrogens (tertiary/aromatic N) is 3. The molecule has 106 valence electrons. The SMILES string of the molecule is CC1CCN(C(=O)Nc2c(Cl)ccc3nsnc23)CC1. The van der Waals surface area contributed by atoms with Crippen molar-refractivity contribution in [1.29, 1.82) is 0 Å². The molecule has 20 heavy (non-hydrogen) atoms. The molecule has 0 unspecified atom stereocenters. The molecule has 7 heteroatoms. The van der Waals surface area contributed by atoms with E-state index in [1.807, 2.05) is 4.90 Å². The first-order valence-electron chi connectivity index (χ1n) is 6.62. The molecule has 0 saturated carbocycles. The molecule has 2 aromatic rings. The maximum absolute atomic E-state index is 12.3. The summed E-state index contributed by atoms with van der Waals surface area (Å²) in [5.41, 5.74) is 1.96. The van der Waals surface area contributed by atoms with Gasteiger partial charge in [0, 0.05) is 13.1 Å². The maximum atomic E-state index is 12.3. The summed E-state index contributed by atoms with van der Waals surface area (Å²) < 4.78 is 8.36. The number of likely N-dealkylation sites (tertiary alicyclic amines) is 1. The second-order valence-corrected chi connectivity index (χ2v) is 6.09. The minimum atomic E-state index is -0.112. The molecule has 1 saturated heterocycles. The molecule has 1 aliphatic heterocycles.